The third-order valence-electron chi connectivity index (χ3n) is 5.68. The summed E-state index contributed by atoms with van der Waals surface area (Å²) >= 11 is 0. The minimum atomic E-state index is 0.380. The maximum Gasteiger partial charge on any atom is 0.223 e. The molecular weight excluding hydrogens is 212 g/mol. The summed E-state index contributed by atoms with van der Waals surface area (Å²) in [6.45, 7) is 2.09. The molecule has 17 heavy (non-hydrogen) atoms. The molecule has 3 saturated carbocycles. The second-order valence-corrected chi connectivity index (χ2v) is 6.57. The van der Waals surface area contributed by atoms with Crippen LogP contribution < -0.4 is 10.6 Å². The van der Waals surface area contributed by atoms with Crippen LogP contribution in [0.15, 0.2) is 0 Å². The van der Waals surface area contributed by atoms with E-state index in [-0.39, 0.29) is 0 Å². The van der Waals surface area contributed by atoms with Gasteiger partial charge in [-0.3, -0.25) is 4.79 Å². The van der Waals surface area contributed by atoms with Crippen LogP contribution in [0.1, 0.15) is 32.1 Å². The molecule has 5 unspecified atom stereocenters. The number of carbonyl (C=O) groups excluding carboxylic acids is 1. The first-order valence-corrected chi connectivity index (χ1v) is 7.35. The predicted molar refractivity (Wildman–Crippen MR) is 65.3 cm³/mol. The summed E-state index contributed by atoms with van der Waals surface area (Å²) in [5.74, 6) is 4.17. The highest BCUT2D eigenvalue weighted by atomic mass is 16.2. The van der Waals surface area contributed by atoms with Crippen LogP contribution in [0.4, 0.5) is 0 Å². The first-order chi connectivity index (χ1) is 8.34. The molecule has 0 aromatic carbocycles. The number of amides is 1. The minimum Gasteiger partial charge on any atom is -0.352 e. The molecular formula is C14H22N2O. The van der Waals surface area contributed by atoms with Crippen LogP contribution in [-0.2, 0) is 4.79 Å². The lowest BCUT2D eigenvalue weighted by molar-refractivity contribution is -0.124. The normalized spacial score (nSPS) is 51.1. The summed E-state index contributed by atoms with van der Waals surface area (Å²) in [5, 5.41) is 6.64. The molecule has 94 valence electrons. The van der Waals surface area contributed by atoms with Crippen molar-refractivity contribution in [2.45, 2.75) is 38.1 Å². The largest absolute Gasteiger partial charge is 0.352 e. The molecule has 4 aliphatic rings. The average Bonchev–Trinajstić information content (AvgIpc) is 2.80. The Hall–Kier alpha value is -0.570. The maximum atomic E-state index is 12.3. The Kier molecular flexibility index (Phi) is 2.26. The Balaban J connectivity index is 1.36. The van der Waals surface area contributed by atoms with Crippen LogP contribution >= 0.6 is 0 Å². The highest BCUT2D eigenvalue weighted by molar-refractivity contribution is 5.83. The smallest absolute Gasteiger partial charge is 0.223 e. The monoisotopic (exact) mass is 234 g/mol. The molecule has 1 saturated heterocycles. The van der Waals surface area contributed by atoms with E-state index in [0.717, 1.165) is 43.2 Å². The van der Waals surface area contributed by atoms with Crippen molar-refractivity contribution in [3.8, 4) is 0 Å². The molecule has 3 aliphatic carbocycles. The van der Waals surface area contributed by atoms with E-state index in [0.29, 0.717) is 17.9 Å². The number of piperidine rings is 1. The summed E-state index contributed by atoms with van der Waals surface area (Å²) in [7, 11) is 0. The Morgan fingerprint density at radius 2 is 1.88 bits per heavy atom. The molecule has 1 heterocycles. The van der Waals surface area contributed by atoms with Crippen molar-refractivity contribution in [2.75, 3.05) is 13.1 Å². The molecule has 2 bridgehead atoms. The van der Waals surface area contributed by atoms with Gasteiger partial charge in [0.25, 0.3) is 0 Å². The van der Waals surface area contributed by atoms with Crippen LogP contribution in [-0.4, -0.2) is 25.0 Å². The second kappa shape index (κ2) is 3.71. The van der Waals surface area contributed by atoms with Crippen molar-refractivity contribution in [1.82, 2.24) is 10.6 Å². The minimum absolute atomic E-state index is 0.380. The van der Waals surface area contributed by atoms with Crippen molar-refractivity contribution >= 4 is 5.91 Å². The van der Waals surface area contributed by atoms with E-state index in [1.54, 1.807) is 0 Å². The predicted octanol–water partition coefficient (Wildman–Crippen LogP) is 1.15. The molecule has 5 atom stereocenters. The lowest BCUT2D eigenvalue weighted by Crippen LogP contribution is -2.46. The van der Waals surface area contributed by atoms with Gasteiger partial charge in [0, 0.05) is 18.5 Å². The fraction of sp³-hybridized carbons (Fsp3) is 0.929. The molecule has 0 radical (unpaired) electrons. The van der Waals surface area contributed by atoms with Crippen LogP contribution in [0.2, 0.25) is 0 Å². The van der Waals surface area contributed by atoms with Gasteiger partial charge in [-0.1, -0.05) is 0 Å². The SMILES string of the molecule is O=C(NC1CCCNC1)C1C2C3CCC(C3)C12. The molecule has 0 aromatic heterocycles. The number of hydrogen-bond acceptors (Lipinski definition) is 2. The summed E-state index contributed by atoms with van der Waals surface area (Å²) in [4.78, 5) is 12.3. The molecule has 0 spiro atoms. The lowest BCUT2D eigenvalue weighted by atomic mass is 10.0. The van der Waals surface area contributed by atoms with E-state index < -0.39 is 0 Å². The molecule has 1 amide bonds. The van der Waals surface area contributed by atoms with Gasteiger partial charge in [-0.25, -0.2) is 0 Å². The average molecular weight is 234 g/mol. The van der Waals surface area contributed by atoms with Gasteiger partial charge < -0.3 is 10.6 Å². The summed E-state index contributed by atoms with van der Waals surface area (Å²) in [6.07, 6.45) is 6.60. The van der Waals surface area contributed by atoms with Gasteiger partial charge in [0.2, 0.25) is 5.91 Å². The highest BCUT2D eigenvalue weighted by Crippen LogP contribution is 2.69. The van der Waals surface area contributed by atoms with Crippen LogP contribution in [0.25, 0.3) is 0 Å². The third kappa shape index (κ3) is 1.55. The molecule has 4 fully saturated rings. The van der Waals surface area contributed by atoms with Crippen molar-refractivity contribution < 1.29 is 4.79 Å². The van der Waals surface area contributed by atoms with Gasteiger partial charge in [-0.2, -0.15) is 0 Å². The van der Waals surface area contributed by atoms with E-state index in [9.17, 15) is 4.79 Å². The first-order valence-electron chi connectivity index (χ1n) is 7.35. The van der Waals surface area contributed by atoms with Gasteiger partial charge in [0.05, 0.1) is 0 Å². The van der Waals surface area contributed by atoms with Crippen LogP contribution in [0.3, 0.4) is 0 Å². The van der Waals surface area contributed by atoms with E-state index in [1.165, 1.54) is 25.7 Å². The second-order valence-electron chi connectivity index (χ2n) is 6.57. The third-order valence-corrected chi connectivity index (χ3v) is 5.68. The molecule has 2 N–H and O–H groups in total. The Labute approximate surface area is 103 Å². The van der Waals surface area contributed by atoms with Crippen LogP contribution in [0, 0.1) is 29.6 Å². The number of carbonyl (C=O) groups is 1. The van der Waals surface area contributed by atoms with E-state index in [4.69, 9.17) is 0 Å². The number of rotatable bonds is 2. The van der Waals surface area contributed by atoms with Gasteiger partial charge >= 0.3 is 0 Å². The number of hydrogen-bond donors (Lipinski definition) is 2. The Bertz CT molecular complexity index is 321. The molecule has 4 rings (SSSR count). The topological polar surface area (TPSA) is 41.1 Å². The van der Waals surface area contributed by atoms with Gasteiger partial charge in [-0.15, -0.1) is 0 Å². The van der Waals surface area contributed by atoms with E-state index in [2.05, 4.69) is 10.6 Å². The summed E-state index contributed by atoms with van der Waals surface area (Å²) in [6, 6.07) is 0.398. The number of fused-ring (bicyclic) bond motifs is 5. The lowest BCUT2D eigenvalue weighted by Gasteiger charge is -2.24. The van der Waals surface area contributed by atoms with Gasteiger partial charge in [0.15, 0.2) is 0 Å². The molecule has 0 aromatic rings. The Morgan fingerprint density at radius 3 is 2.53 bits per heavy atom. The van der Waals surface area contributed by atoms with Gasteiger partial charge in [-0.05, 0) is 62.3 Å². The summed E-state index contributed by atoms with van der Waals surface area (Å²) in [5.41, 5.74) is 0. The Morgan fingerprint density at radius 1 is 1.12 bits per heavy atom. The maximum absolute atomic E-state index is 12.3. The van der Waals surface area contributed by atoms with E-state index >= 15 is 0 Å². The van der Waals surface area contributed by atoms with Gasteiger partial charge in [0.1, 0.15) is 0 Å². The fourth-order valence-electron chi connectivity index (χ4n) is 4.95. The van der Waals surface area contributed by atoms with Crippen molar-refractivity contribution in [1.29, 1.82) is 0 Å². The molecule has 3 nitrogen and oxygen atoms in total. The van der Waals surface area contributed by atoms with Crippen LogP contribution in [0.5, 0.6) is 0 Å². The zero-order valence-electron chi connectivity index (χ0n) is 10.3. The molecule has 1 aliphatic heterocycles. The van der Waals surface area contributed by atoms with E-state index in [1.807, 2.05) is 0 Å². The molecule has 3 heteroatoms. The summed E-state index contributed by atoms with van der Waals surface area (Å²) < 4.78 is 0. The van der Waals surface area contributed by atoms with Crippen molar-refractivity contribution in [3.05, 3.63) is 0 Å². The van der Waals surface area contributed by atoms with Crippen molar-refractivity contribution in [2.24, 2.45) is 29.6 Å². The first kappa shape index (κ1) is 10.4. The quantitative estimate of drug-likeness (QED) is 0.752. The standard InChI is InChI=1S/C14H22N2O/c17-14(16-10-2-1-5-15-7-10)13-11-8-3-4-9(6-8)12(11)13/h8-13,15H,1-7H2,(H,16,17). The zero-order valence-corrected chi connectivity index (χ0v) is 10.3. The number of nitrogens with one attached hydrogen (secondary N) is 2. The fourth-order valence-corrected chi connectivity index (χ4v) is 4.95. The van der Waals surface area contributed by atoms with Crippen molar-refractivity contribution in [3.63, 3.8) is 0 Å². The zero-order chi connectivity index (χ0) is 11.4. The highest BCUT2D eigenvalue weighted by Gasteiger charge is 2.67.